The van der Waals surface area contributed by atoms with E-state index in [1.165, 1.54) is 37.7 Å². The SMILES string of the molecule is Clc1nsnc1OCCOCCOCCOCCOc1nsnc1C1CN2CCC1CC2. The van der Waals surface area contributed by atoms with Gasteiger partial charge >= 0.3 is 0 Å². The van der Waals surface area contributed by atoms with E-state index in [1.807, 2.05) is 0 Å². The molecule has 10 nitrogen and oxygen atoms in total. The normalized spacial score (nSPS) is 22.3. The summed E-state index contributed by atoms with van der Waals surface area (Å²) in [5, 5.41) is 0.279. The van der Waals surface area contributed by atoms with Gasteiger partial charge in [0.15, 0.2) is 0 Å². The molecule has 2 aromatic heterocycles. The summed E-state index contributed by atoms with van der Waals surface area (Å²) in [6.07, 6.45) is 2.51. The van der Waals surface area contributed by atoms with Gasteiger partial charge in [-0.15, -0.1) is 8.75 Å². The number of nitrogens with zero attached hydrogens (tertiary/aromatic N) is 5. The Balaban J connectivity index is 0.977. The number of ether oxygens (including phenoxy) is 5. The molecule has 0 saturated carbocycles. The predicted molar refractivity (Wildman–Crippen MR) is 120 cm³/mol. The zero-order valence-electron chi connectivity index (χ0n) is 17.8. The second kappa shape index (κ2) is 12.9. The number of halogens is 1. The van der Waals surface area contributed by atoms with E-state index in [2.05, 4.69) is 22.4 Å². The summed E-state index contributed by atoms with van der Waals surface area (Å²) in [4.78, 5) is 2.52. The standard InChI is InChI=1S/C19H28ClN5O5S2/c20-17-19(24-32-22-17)30-12-10-28-8-6-26-5-7-27-9-11-29-18-16(21-31-23-18)15-13-25-3-1-14(15)2-4-25/h14-15H,1-13H2. The second-order valence-electron chi connectivity index (χ2n) is 7.59. The Morgan fingerprint density at radius 1 is 0.750 bits per heavy atom. The Morgan fingerprint density at radius 3 is 1.88 bits per heavy atom. The van der Waals surface area contributed by atoms with E-state index in [-0.39, 0.29) is 5.15 Å². The third-order valence-corrected chi connectivity index (χ3v) is 6.97. The number of rotatable bonds is 15. The van der Waals surface area contributed by atoms with Gasteiger partial charge < -0.3 is 28.6 Å². The van der Waals surface area contributed by atoms with E-state index >= 15 is 0 Å². The molecule has 32 heavy (non-hydrogen) atoms. The molecule has 0 aromatic carbocycles. The molecule has 3 aliphatic rings. The molecule has 1 unspecified atom stereocenters. The van der Waals surface area contributed by atoms with Gasteiger partial charge in [0.1, 0.15) is 18.9 Å². The molecule has 5 rings (SSSR count). The molecule has 3 fully saturated rings. The Kier molecular flexibility index (Phi) is 9.69. The Hall–Kier alpha value is -1.15. The van der Waals surface area contributed by atoms with Crippen LogP contribution in [0.2, 0.25) is 5.15 Å². The average molecular weight is 506 g/mol. The van der Waals surface area contributed by atoms with Crippen LogP contribution in [0.25, 0.3) is 0 Å². The average Bonchev–Trinajstić information content (AvgIpc) is 3.46. The highest BCUT2D eigenvalue weighted by Gasteiger charge is 2.38. The lowest BCUT2D eigenvalue weighted by molar-refractivity contribution is 0.00450. The second-order valence-corrected chi connectivity index (χ2v) is 9.01. The molecular weight excluding hydrogens is 478 g/mol. The molecule has 2 aromatic rings. The molecule has 2 bridgehead atoms. The van der Waals surface area contributed by atoms with E-state index < -0.39 is 0 Å². The van der Waals surface area contributed by atoms with Gasteiger partial charge in [0, 0.05) is 12.5 Å². The van der Waals surface area contributed by atoms with Gasteiger partial charge in [0.25, 0.3) is 5.88 Å². The first-order chi connectivity index (χ1) is 15.8. The first-order valence-corrected chi connectivity index (χ1v) is 12.7. The van der Waals surface area contributed by atoms with Gasteiger partial charge in [-0.2, -0.15) is 8.75 Å². The van der Waals surface area contributed by atoms with Crippen LogP contribution in [0.5, 0.6) is 11.8 Å². The minimum Gasteiger partial charge on any atom is -0.473 e. The highest BCUT2D eigenvalue weighted by atomic mass is 35.5. The topological polar surface area (TPSA) is 101 Å². The summed E-state index contributed by atoms with van der Waals surface area (Å²) in [5.74, 6) is 2.20. The van der Waals surface area contributed by atoms with Crippen molar-refractivity contribution in [1.29, 1.82) is 0 Å². The Bertz CT molecular complexity index is 805. The van der Waals surface area contributed by atoms with Gasteiger partial charge in [-0.25, -0.2) is 0 Å². The smallest absolute Gasteiger partial charge is 0.265 e. The van der Waals surface area contributed by atoms with E-state index in [9.17, 15) is 0 Å². The lowest BCUT2D eigenvalue weighted by Crippen LogP contribution is -2.46. The maximum Gasteiger partial charge on any atom is 0.265 e. The lowest BCUT2D eigenvalue weighted by Gasteiger charge is -2.44. The third-order valence-electron chi connectivity index (χ3n) is 5.59. The van der Waals surface area contributed by atoms with Crippen molar-refractivity contribution in [2.75, 3.05) is 72.5 Å². The molecular formula is C19H28ClN5O5S2. The van der Waals surface area contributed by atoms with Crippen LogP contribution in [-0.4, -0.2) is 94.9 Å². The molecule has 5 heterocycles. The van der Waals surface area contributed by atoms with E-state index in [0.717, 1.165) is 24.0 Å². The summed E-state index contributed by atoms with van der Waals surface area (Å²) in [5.41, 5.74) is 1.03. The van der Waals surface area contributed by atoms with E-state index in [0.29, 0.717) is 76.5 Å². The van der Waals surface area contributed by atoms with Gasteiger partial charge in [-0.05, 0) is 31.8 Å². The number of hydrogen-bond acceptors (Lipinski definition) is 12. The van der Waals surface area contributed by atoms with E-state index in [4.69, 9.17) is 35.3 Å². The number of fused-ring (bicyclic) bond motifs is 3. The van der Waals surface area contributed by atoms with Crippen molar-refractivity contribution in [3.05, 3.63) is 10.8 Å². The van der Waals surface area contributed by atoms with E-state index in [1.54, 1.807) is 0 Å². The zero-order chi connectivity index (χ0) is 22.0. The van der Waals surface area contributed by atoms with Crippen molar-refractivity contribution < 1.29 is 23.7 Å². The van der Waals surface area contributed by atoms with Crippen LogP contribution in [0.4, 0.5) is 0 Å². The first-order valence-electron chi connectivity index (χ1n) is 10.8. The maximum absolute atomic E-state index is 5.86. The zero-order valence-corrected chi connectivity index (χ0v) is 20.2. The minimum absolute atomic E-state index is 0.279. The van der Waals surface area contributed by atoms with Crippen molar-refractivity contribution in [2.24, 2.45) is 5.92 Å². The van der Waals surface area contributed by atoms with Crippen molar-refractivity contribution in [1.82, 2.24) is 22.4 Å². The van der Waals surface area contributed by atoms with Gasteiger partial charge in [0.2, 0.25) is 11.0 Å². The van der Waals surface area contributed by atoms with Crippen LogP contribution < -0.4 is 9.47 Å². The number of aromatic nitrogens is 4. The molecule has 3 aliphatic heterocycles. The summed E-state index contributed by atoms with van der Waals surface area (Å²) < 4.78 is 44.3. The van der Waals surface area contributed by atoms with Gasteiger partial charge in [-0.1, -0.05) is 11.6 Å². The molecule has 0 radical (unpaired) electrons. The van der Waals surface area contributed by atoms with Crippen molar-refractivity contribution in [3.8, 4) is 11.8 Å². The van der Waals surface area contributed by atoms with Crippen molar-refractivity contribution in [2.45, 2.75) is 18.8 Å². The highest BCUT2D eigenvalue weighted by molar-refractivity contribution is 6.99. The lowest BCUT2D eigenvalue weighted by atomic mass is 9.77. The first kappa shape index (κ1) is 24.0. The molecule has 0 amide bonds. The van der Waals surface area contributed by atoms with Crippen LogP contribution in [0.3, 0.4) is 0 Å². The van der Waals surface area contributed by atoms with Crippen molar-refractivity contribution in [3.63, 3.8) is 0 Å². The molecule has 0 aliphatic carbocycles. The summed E-state index contributed by atoms with van der Waals surface area (Å²) in [6.45, 7) is 7.23. The van der Waals surface area contributed by atoms with Crippen LogP contribution in [0.1, 0.15) is 24.5 Å². The fraction of sp³-hybridized carbons (Fsp3) is 0.789. The van der Waals surface area contributed by atoms with Gasteiger partial charge in [-0.3, -0.25) is 0 Å². The maximum atomic E-state index is 5.86. The summed E-state index contributed by atoms with van der Waals surface area (Å²) in [6, 6.07) is 0. The third kappa shape index (κ3) is 6.92. The molecule has 0 N–H and O–H groups in total. The summed E-state index contributed by atoms with van der Waals surface area (Å²) >= 11 is 8.03. The molecule has 178 valence electrons. The molecule has 3 saturated heterocycles. The van der Waals surface area contributed by atoms with Crippen LogP contribution in [0, 0.1) is 5.92 Å². The fourth-order valence-corrected chi connectivity index (χ4v) is 5.19. The van der Waals surface area contributed by atoms with Gasteiger partial charge in [0.05, 0.1) is 63.1 Å². The largest absolute Gasteiger partial charge is 0.473 e. The predicted octanol–water partition coefficient (Wildman–Crippen LogP) is 2.36. The monoisotopic (exact) mass is 505 g/mol. The molecule has 1 atom stereocenters. The Morgan fingerprint density at radius 2 is 1.31 bits per heavy atom. The van der Waals surface area contributed by atoms with Crippen LogP contribution in [0.15, 0.2) is 0 Å². The Labute approximate surface area is 200 Å². The number of hydrogen-bond donors (Lipinski definition) is 0. The molecule has 13 heteroatoms. The quantitative estimate of drug-likeness (QED) is 0.335. The minimum atomic E-state index is 0.279. The fourth-order valence-electron chi connectivity index (χ4n) is 3.98. The van der Waals surface area contributed by atoms with Crippen molar-refractivity contribution >= 4 is 35.1 Å². The van der Waals surface area contributed by atoms with Crippen LogP contribution in [-0.2, 0) is 14.2 Å². The highest BCUT2D eigenvalue weighted by Crippen LogP contribution is 2.41. The van der Waals surface area contributed by atoms with Crippen LogP contribution >= 0.6 is 35.1 Å². The number of piperidine rings is 3. The summed E-state index contributed by atoms with van der Waals surface area (Å²) in [7, 11) is 0. The molecule has 0 spiro atoms.